The van der Waals surface area contributed by atoms with Crippen molar-refractivity contribution in [1.82, 2.24) is 9.88 Å². The molecule has 0 unspecified atom stereocenters. The molecule has 1 aliphatic heterocycles. The van der Waals surface area contributed by atoms with Gasteiger partial charge in [0, 0.05) is 36.7 Å². The number of ketones is 1. The molecule has 138 valence electrons. The normalized spacial score (nSPS) is 29.1. The minimum atomic E-state index is -0.262. The lowest BCUT2D eigenvalue weighted by molar-refractivity contribution is -0.160. The smallest absolute Gasteiger partial charge is 0.302 e. The molecule has 2 bridgehead atoms. The highest BCUT2D eigenvalue weighted by molar-refractivity contribution is 6.02. The molecule has 4 rings (SSSR count). The van der Waals surface area contributed by atoms with Crippen LogP contribution < -0.4 is 0 Å². The van der Waals surface area contributed by atoms with Crippen molar-refractivity contribution in [3.63, 3.8) is 0 Å². The van der Waals surface area contributed by atoms with Gasteiger partial charge in [0.25, 0.3) is 0 Å². The van der Waals surface area contributed by atoms with Crippen molar-refractivity contribution in [2.75, 3.05) is 13.6 Å². The lowest BCUT2D eigenvalue weighted by Gasteiger charge is -2.48. The quantitative estimate of drug-likeness (QED) is 0.842. The van der Waals surface area contributed by atoms with Gasteiger partial charge in [0.2, 0.25) is 0 Å². The number of ether oxygens (including phenoxy) is 1. The van der Waals surface area contributed by atoms with Gasteiger partial charge in [0.15, 0.2) is 5.78 Å². The van der Waals surface area contributed by atoms with Crippen LogP contribution >= 0.6 is 0 Å². The van der Waals surface area contributed by atoms with Gasteiger partial charge in [-0.25, -0.2) is 0 Å². The summed E-state index contributed by atoms with van der Waals surface area (Å²) in [7, 11) is 2.11. The number of esters is 1. The van der Waals surface area contributed by atoms with Crippen LogP contribution in [0.3, 0.4) is 0 Å². The number of H-pyrrole nitrogens is 1. The van der Waals surface area contributed by atoms with Gasteiger partial charge in [0.05, 0.1) is 11.7 Å². The summed E-state index contributed by atoms with van der Waals surface area (Å²) in [6.07, 6.45) is 1.89. The number of nitrogens with one attached hydrogen (secondary N) is 1. The summed E-state index contributed by atoms with van der Waals surface area (Å²) in [6.45, 7) is 4.56. The summed E-state index contributed by atoms with van der Waals surface area (Å²) in [5.41, 5.74) is 2.81. The molecule has 0 saturated carbocycles. The van der Waals surface area contributed by atoms with Crippen LogP contribution in [0.15, 0.2) is 24.3 Å². The predicted molar refractivity (Wildman–Crippen MR) is 100 cm³/mol. The maximum absolute atomic E-state index is 13.1. The number of para-hydroxylation sites is 1. The third-order valence-corrected chi connectivity index (χ3v) is 6.25. The number of hydrogen-bond acceptors (Lipinski definition) is 4. The van der Waals surface area contributed by atoms with E-state index in [0.717, 1.165) is 35.1 Å². The van der Waals surface area contributed by atoms with Gasteiger partial charge in [-0.15, -0.1) is 0 Å². The average molecular weight is 354 g/mol. The average Bonchev–Trinajstić information content (AvgIpc) is 2.97. The van der Waals surface area contributed by atoms with Gasteiger partial charge >= 0.3 is 5.97 Å². The van der Waals surface area contributed by atoms with Crippen LogP contribution in [0.5, 0.6) is 0 Å². The first kappa shape index (κ1) is 17.3. The molecule has 1 fully saturated rings. The Morgan fingerprint density at radius 1 is 1.31 bits per heavy atom. The Bertz CT molecular complexity index is 856. The van der Waals surface area contributed by atoms with Gasteiger partial charge < -0.3 is 9.72 Å². The van der Waals surface area contributed by atoms with Crippen molar-refractivity contribution in [2.45, 2.75) is 45.3 Å². The highest BCUT2D eigenvalue weighted by Gasteiger charge is 2.46. The van der Waals surface area contributed by atoms with Crippen LogP contribution in [0.2, 0.25) is 0 Å². The first-order valence-electron chi connectivity index (χ1n) is 9.49. The largest absolute Gasteiger partial charge is 0.461 e. The van der Waals surface area contributed by atoms with E-state index < -0.39 is 0 Å². The van der Waals surface area contributed by atoms with Crippen LogP contribution in [-0.4, -0.2) is 47.4 Å². The Hall–Kier alpha value is -2.14. The minimum absolute atomic E-state index is 0.0807. The van der Waals surface area contributed by atoms with Gasteiger partial charge in [-0.2, -0.15) is 0 Å². The van der Waals surface area contributed by atoms with E-state index in [2.05, 4.69) is 29.9 Å². The molecule has 1 aliphatic carbocycles. The van der Waals surface area contributed by atoms with Crippen LogP contribution in [0.1, 0.15) is 42.7 Å². The number of likely N-dealkylation sites (tertiary alicyclic amines) is 1. The van der Waals surface area contributed by atoms with Crippen LogP contribution in [0, 0.1) is 11.8 Å². The molecule has 1 N–H and O–H groups in total. The molecular formula is C21H26N2O3. The van der Waals surface area contributed by atoms with Crippen LogP contribution in [0.4, 0.5) is 0 Å². The standard InChI is InChI=1S/C21H26N2O3/c1-4-13-11-23(3)18-9-16-14-7-5-6-8-17(14)22-20(16)19(25)10-15(13)21(18)26-12(2)24/h5-8,13,15,18,21-22H,4,9-11H2,1-3H3/t13-,15+,18+,21-/m1/s1. The van der Waals surface area contributed by atoms with E-state index in [-0.39, 0.29) is 29.8 Å². The number of carbonyl (C=O) groups excluding carboxylic acids is 2. The van der Waals surface area contributed by atoms with E-state index in [0.29, 0.717) is 18.8 Å². The molecule has 1 aromatic carbocycles. The number of fused-ring (bicyclic) bond motifs is 5. The summed E-state index contributed by atoms with van der Waals surface area (Å²) < 4.78 is 5.81. The zero-order valence-electron chi connectivity index (χ0n) is 15.6. The number of benzene rings is 1. The van der Waals surface area contributed by atoms with Gasteiger partial charge in [-0.3, -0.25) is 14.5 Å². The number of Topliss-reactive ketones (excluding diaryl/α,β-unsaturated/α-hetero) is 1. The van der Waals surface area contributed by atoms with E-state index in [9.17, 15) is 9.59 Å². The molecule has 0 radical (unpaired) electrons. The Kier molecular flexibility index (Phi) is 4.35. The summed E-state index contributed by atoms with van der Waals surface area (Å²) in [5.74, 6) is 0.315. The topological polar surface area (TPSA) is 62.4 Å². The number of aromatic amines is 1. The second kappa shape index (κ2) is 6.54. The second-order valence-electron chi connectivity index (χ2n) is 7.77. The number of piperidine rings is 1. The van der Waals surface area contributed by atoms with Crippen molar-refractivity contribution in [3.05, 3.63) is 35.5 Å². The number of hydrogen-bond donors (Lipinski definition) is 1. The summed E-state index contributed by atoms with van der Waals surface area (Å²) in [5, 5.41) is 1.10. The first-order chi connectivity index (χ1) is 12.5. The second-order valence-corrected chi connectivity index (χ2v) is 7.77. The fraction of sp³-hybridized carbons (Fsp3) is 0.524. The lowest BCUT2D eigenvalue weighted by Crippen LogP contribution is -2.58. The molecule has 0 amide bonds. The Morgan fingerprint density at radius 3 is 2.81 bits per heavy atom. The highest BCUT2D eigenvalue weighted by atomic mass is 16.5. The fourth-order valence-corrected chi connectivity index (χ4v) is 4.96. The minimum Gasteiger partial charge on any atom is -0.461 e. The Morgan fingerprint density at radius 2 is 2.08 bits per heavy atom. The van der Waals surface area contributed by atoms with Crippen molar-refractivity contribution >= 4 is 22.7 Å². The monoisotopic (exact) mass is 354 g/mol. The number of carbonyl (C=O) groups is 2. The maximum Gasteiger partial charge on any atom is 0.302 e. The van der Waals surface area contributed by atoms with E-state index in [1.165, 1.54) is 6.92 Å². The number of nitrogens with zero attached hydrogens (tertiary/aromatic N) is 1. The van der Waals surface area contributed by atoms with Crippen molar-refractivity contribution in [3.8, 4) is 0 Å². The SMILES string of the molecule is CC[C@@H]1CN(C)[C@H]2Cc3c([nH]c4ccccc34)C(=O)C[C@@H]1[C@H]2OC(C)=O. The summed E-state index contributed by atoms with van der Waals surface area (Å²) in [6, 6.07) is 8.16. The van der Waals surface area contributed by atoms with Crippen LogP contribution in [-0.2, 0) is 16.0 Å². The summed E-state index contributed by atoms with van der Waals surface area (Å²) >= 11 is 0. The van der Waals surface area contributed by atoms with E-state index in [1.54, 1.807) is 0 Å². The van der Waals surface area contributed by atoms with Crippen LogP contribution in [0.25, 0.3) is 10.9 Å². The third kappa shape index (κ3) is 2.75. The molecule has 5 heteroatoms. The molecule has 2 aromatic rings. The summed E-state index contributed by atoms with van der Waals surface area (Å²) in [4.78, 5) is 30.6. The zero-order chi connectivity index (χ0) is 18.4. The molecule has 0 spiro atoms. The zero-order valence-corrected chi connectivity index (χ0v) is 15.6. The van der Waals surface area contributed by atoms with Crippen molar-refractivity contribution < 1.29 is 14.3 Å². The lowest BCUT2D eigenvalue weighted by atomic mass is 9.72. The third-order valence-electron chi connectivity index (χ3n) is 6.25. The Balaban J connectivity index is 1.85. The maximum atomic E-state index is 13.1. The van der Waals surface area contributed by atoms with Gasteiger partial charge in [-0.05, 0) is 31.0 Å². The van der Waals surface area contributed by atoms with Crippen molar-refractivity contribution in [1.29, 1.82) is 0 Å². The predicted octanol–water partition coefficient (Wildman–Crippen LogP) is 3.18. The Labute approximate surface area is 153 Å². The van der Waals surface area contributed by atoms with E-state index in [1.807, 2.05) is 18.2 Å². The molecule has 1 aromatic heterocycles. The molecule has 1 saturated heterocycles. The van der Waals surface area contributed by atoms with Crippen molar-refractivity contribution in [2.24, 2.45) is 11.8 Å². The number of likely N-dealkylation sites (N-methyl/N-ethyl adjacent to an activating group) is 1. The number of rotatable bonds is 2. The molecule has 2 aliphatic rings. The highest BCUT2D eigenvalue weighted by Crippen LogP contribution is 2.40. The fourth-order valence-electron chi connectivity index (χ4n) is 4.96. The molecule has 2 heterocycles. The van der Waals surface area contributed by atoms with Gasteiger partial charge in [0.1, 0.15) is 6.10 Å². The first-order valence-corrected chi connectivity index (χ1v) is 9.49. The van der Waals surface area contributed by atoms with E-state index >= 15 is 0 Å². The molecule has 4 atom stereocenters. The molecular weight excluding hydrogens is 328 g/mol. The number of aromatic nitrogens is 1. The van der Waals surface area contributed by atoms with Gasteiger partial charge in [-0.1, -0.05) is 31.5 Å². The molecule has 5 nitrogen and oxygen atoms in total. The molecule has 26 heavy (non-hydrogen) atoms. The van der Waals surface area contributed by atoms with E-state index in [4.69, 9.17) is 4.74 Å².